The van der Waals surface area contributed by atoms with Crippen molar-refractivity contribution in [3.63, 3.8) is 0 Å². The topological polar surface area (TPSA) is 87.3 Å². The molecule has 0 spiro atoms. The molecule has 0 aromatic heterocycles. The summed E-state index contributed by atoms with van der Waals surface area (Å²) in [5, 5.41) is 8.69. The Bertz CT molecular complexity index is 1510. The average Bonchev–Trinajstić information content (AvgIpc) is 2.93. The molecular formula is C30H23ClFN3O3S. The number of nitrogens with one attached hydrogen (secondary N) is 3. The Morgan fingerprint density at radius 3 is 2.28 bits per heavy atom. The molecule has 196 valence electrons. The van der Waals surface area contributed by atoms with Crippen molar-refractivity contribution < 1.29 is 18.8 Å². The summed E-state index contributed by atoms with van der Waals surface area (Å²) in [6, 6.07) is 28.0. The first-order valence-electron chi connectivity index (χ1n) is 11.8. The van der Waals surface area contributed by atoms with Gasteiger partial charge in [0, 0.05) is 26.9 Å². The second-order valence-corrected chi connectivity index (χ2v) is 9.74. The molecule has 6 nitrogen and oxygen atoms in total. The Morgan fingerprint density at radius 1 is 0.795 bits per heavy atom. The third-order valence-electron chi connectivity index (χ3n) is 5.28. The summed E-state index contributed by atoms with van der Waals surface area (Å²) >= 11 is 7.37. The first kappa shape index (κ1) is 27.6. The molecule has 0 bridgehead atoms. The zero-order valence-corrected chi connectivity index (χ0v) is 22.1. The minimum atomic E-state index is -0.532. The van der Waals surface area contributed by atoms with Gasteiger partial charge in [-0.2, -0.15) is 0 Å². The van der Waals surface area contributed by atoms with E-state index in [-0.39, 0.29) is 23.2 Å². The van der Waals surface area contributed by atoms with Gasteiger partial charge in [0.1, 0.15) is 11.5 Å². The molecule has 0 aliphatic heterocycles. The van der Waals surface area contributed by atoms with Gasteiger partial charge in [-0.25, -0.2) is 4.39 Å². The zero-order chi connectivity index (χ0) is 27.6. The maximum Gasteiger partial charge on any atom is 0.272 e. The molecule has 0 fully saturated rings. The van der Waals surface area contributed by atoms with Gasteiger partial charge >= 0.3 is 0 Å². The molecule has 0 atom stereocenters. The Hall–Kier alpha value is -4.40. The highest BCUT2D eigenvalue weighted by molar-refractivity contribution is 8.00. The fourth-order valence-electron chi connectivity index (χ4n) is 3.45. The van der Waals surface area contributed by atoms with Crippen LogP contribution in [0.1, 0.15) is 15.9 Å². The van der Waals surface area contributed by atoms with Crippen molar-refractivity contribution in [2.24, 2.45) is 0 Å². The number of hydrogen-bond donors (Lipinski definition) is 3. The van der Waals surface area contributed by atoms with E-state index in [1.54, 1.807) is 78.9 Å². The number of anilines is 2. The van der Waals surface area contributed by atoms with E-state index < -0.39 is 11.8 Å². The minimum Gasteiger partial charge on any atom is -0.325 e. The molecule has 3 amide bonds. The molecule has 0 saturated carbocycles. The molecular weight excluding hydrogens is 537 g/mol. The van der Waals surface area contributed by atoms with Crippen molar-refractivity contribution in [2.75, 3.05) is 16.4 Å². The lowest BCUT2D eigenvalue weighted by atomic mass is 10.1. The Morgan fingerprint density at radius 2 is 1.54 bits per heavy atom. The van der Waals surface area contributed by atoms with E-state index in [9.17, 15) is 18.8 Å². The first-order chi connectivity index (χ1) is 18.9. The van der Waals surface area contributed by atoms with Gasteiger partial charge in [0.25, 0.3) is 11.8 Å². The number of hydrogen-bond acceptors (Lipinski definition) is 4. The molecule has 4 rings (SSSR count). The van der Waals surface area contributed by atoms with Gasteiger partial charge in [0.2, 0.25) is 5.91 Å². The van der Waals surface area contributed by atoms with Gasteiger partial charge < -0.3 is 16.0 Å². The number of amides is 3. The molecule has 3 N–H and O–H groups in total. The number of halogens is 2. The molecule has 0 saturated heterocycles. The molecule has 0 radical (unpaired) electrons. The molecule has 4 aromatic carbocycles. The van der Waals surface area contributed by atoms with E-state index in [0.717, 1.165) is 4.90 Å². The highest BCUT2D eigenvalue weighted by atomic mass is 35.5. The van der Waals surface area contributed by atoms with Crippen LogP contribution in [0.15, 0.2) is 114 Å². The summed E-state index contributed by atoms with van der Waals surface area (Å²) < 4.78 is 13.1. The summed E-state index contributed by atoms with van der Waals surface area (Å²) in [6.07, 6.45) is 1.54. The summed E-state index contributed by atoms with van der Waals surface area (Å²) in [4.78, 5) is 39.1. The highest BCUT2D eigenvalue weighted by Crippen LogP contribution is 2.23. The summed E-state index contributed by atoms with van der Waals surface area (Å²) in [5.74, 6) is -1.49. The van der Waals surface area contributed by atoms with Crippen LogP contribution in [-0.4, -0.2) is 23.5 Å². The van der Waals surface area contributed by atoms with Gasteiger partial charge in [-0.3, -0.25) is 14.4 Å². The second kappa shape index (κ2) is 13.4. The van der Waals surface area contributed by atoms with Crippen molar-refractivity contribution in [3.8, 4) is 0 Å². The monoisotopic (exact) mass is 559 g/mol. The molecule has 0 unspecified atom stereocenters. The Balaban J connectivity index is 1.45. The molecule has 0 aliphatic rings. The number of carbonyl (C=O) groups excluding carboxylic acids is 3. The fourth-order valence-corrected chi connectivity index (χ4v) is 4.40. The van der Waals surface area contributed by atoms with Crippen molar-refractivity contribution in [2.45, 2.75) is 4.90 Å². The number of thioether (sulfide) groups is 1. The lowest BCUT2D eigenvalue weighted by Crippen LogP contribution is -2.30. The van der Waals surface area contributed by atoms with Gasteiger partial charge in [-0.15, -0.1) is 11.8 Å². The average molecular weight is 560 g/mol. The lowest BCUT2D eigenvalue weighted by molar-refractivity contribution is -0.114. The van der Waals surface area contributed by atoms with E-state index in [4.69, 9.17) is 11.6 Å². The highest BCUT2D eigenvalue weighted by Gasteiger charge is 2.15. The lowest BCUT2D eigenvalue weighted by Gasteiger charge is -2.12. The van der Waals surface area contributed by atoms with E-state index in [2.05, 4.69) is 16.0 Å². The van der Waals surface area contributed by atoms with Crippen LogP contribution in [0.2, 0.25) is 5.02 Å². The predicted molar refractivity (Wildman–Crippen MR) is 154 cm³/mol. The molecule has 0 heterocycles. The van der Waals surface area contributed by atoms with E-state index in [1.165, 1.54) is 36.0 Å². The van der Waals surface area contributed by atoms with Crippen LogP contribution in [0.5, 0.6) is 0 Å². The summed E-state index contributed by atoms with van der Waals surface area (Å²) in [6.45, 7) is 0. The Labute approximate surface area is 234 Å². The maximum absolute atomic E-state index is 13.2. The summed E-state index contributed by atoms with van der Waals surface area (Å²) in [7, 11) is 0. The third-order valence-corrected chi connectivity index (χ3v) is 6.51. The van der Waals surface area contributed by atoms with Crippen LogP contribution >= 0.6 is 23.4 Å². The third kappa shape index (κ3) is 8.56. The van der Waals surface area contributed by atoms with Gasteiger partial charge in [-0.1, -0.05) is 48.0 Å². The number of benzene rings is 4. The van der Waals surface area contributed by atoms with Crippen LogP contribution in [-0.2, 0) is 9.59 Å². The molecule has 9 heteroatoms. The molecule has 4 aromatic rings. The first-order valence-corrected chi connectivity index (χ1v) is 13.2. The Kier molecular flexibility index (Phi) is 9.50. The van der Waals surface area contributed by atoms with Crippen molar-refractivity contribution in [3.05, 3.63) is 131 Å². The minimum absolute atomic E-state index is 0.0304. The fraction of sp³-hybridized carbons (Fsp3) is 0.0333. The van der Waals surface area contributed by atoms with Gasteiger partial charge in [0.05, 0.1) is 5.75 Å². The van der Waals surface area contributed by atoms with E-state index in [0.29, 0.717) is 27.5 Å². The zero-order valence-electron chi connectivity index (χ0n) is 20.5. The molecule has 39 heavy (non-hydrogen) atoms. The quantitative estimate of drug-likeness (QED) is 0.159. The SMILES string of the molecule is O=C(CSc1cccc(NC(=O)/C(=C/c2cccc(Cl)c2)NC(=O)c2ccccc2)c1)Nc1ccc(F)cc1. The van der Waals surface area contributed by atoms with Crippen LogP contribution in [0.3, 0.4) is 0 Å². The van der Waals surface area contributed by atoms with Gasteiger partial charge in [0.15, 0.2) is 0 Å². The normalized spacial score (nSPS) is 11.0. The number of carbonyl (C=O) groups is 3. The maximum atomic E-state index is 13.2. The van der Waals surface area contributed by atoms with Gasteiger partial charge in [-0.05, 0) is 78.4 Å². The largest absolute Gasteiger partial charge is 0.325 e. The van der Waals surface area contributed by atoms with Crippen molar-refractivity contribution >= 4 is 58.5 Å². The number of rotatable bonds is 9. The van der Waals surface area contributed by atoms with Crippen LogP contribution in [0.25, 0.3) is 6.08 Å². The standard InChI is InChI=1S/C30H23ClFN3O3S/c31-22-9-4-6-20(16-22)17-27(35-29(37)21-7-2-1-3-8-21)30(38)34-25-10-5-11-26(18-25)39-19-28(36)33-24-14-12-23(32)13-15-24/h1-18H,19H2,(H,33,36)(H,34,38)(H,35,37)/b27-17-. The van der Waals surface area contributed by atoms with E-state index in [1.807, 2.05) is 6.07 Å². The smallest absolute Gasteiger partial charge is 0.272 e. The summed E-state index contributed by atoms with van der Waals surface area (Å²) in [5.41, 5.74) is 2.05. The van der Waals surface area contributed by atoms with Crippen LogP contribution in [0.4, 0.5) is 15.8 Å². The van der Waals surface area contributed by atoms with Crippen molar-refractivity contribution in [1.82, 2.24) is 5.32 Å². The van der Waals surface area contributed by atoms with Crippen molar-refractivity contribution in [1.29, 1.82) is 0 Å². The second-order valence-electron chi connectivity index (χ2n) is 8.26. The van der Waals surface area contributed by atoms with E-state index >= 15 is 0 Å². The molecule has 0 aliphatic carbocycles. The predicted octanol–water partition coefficient (Wildman–Crippen LogP) is 6.62. The van der Waals surface area contributed by atoms with Crippen LogP contribution < -0.4 is 16.0 Å². The van der Waals surface area contributed by atoms with Crippen LogP contribution in [0, 0.1) is 5.82 Å².